The molecular weight excluding hydrogens is 546 g/mol. The van der Waals surface area contributed by atoms with E-state index in [1.807, 2.05) is 0 Å². The van der Waals surface area contributed by atoms with E-state index in [-0.39, 0.29) is 0 Å². The second kappa shape index (κ2) is 11.4. The first-order chi connectivity index (χ1) is 22.3. The molecule has 216 valence electrons. The van der Waals surface area contributed by atoms with Gasteiger partial charge in [0, 0.05) is 50.8 Å². The van der Waals surface area contributed by atoms with Crippen molar-refractivity contribution in [1.29, 1.82) is 0 Å². The van der Waals surface area contributed by atoms with Crippen LogP contribution in [-0.4, -0.2) is 15.7 Å². The van der Waals surface area contributed by atoms with Crippen molar-refractivity contribution in [1.82, 2.24) is 9.13 Å². The highest BCUT2D eigenvalue weighted by Gasteiger charge is 2.14. The van der Waals surface area contributed by atoms with Crippen molar-refractivity contribution in [2.24, 2.45) is 0 Å². The van der Waals surface area contributed by atoms with Crippen LogP contribution in [0.1, 0.15) is 6.92 Å². The number of nitrogens with zero attached hydrogens (tertiary/aromatic N) is 3. The lowest BCUT2D eigenvalue weighted by molar-refractivity contribution is 1.09. The molecule has 0 bridgehead atoms. The minimum Gasteiger partial charge on any atom is -0.338 e. The van der Waals surface area contributed by atoms with Gasteiger partial charge in [0.2, 0.25) is 0 Å². The van der Waals surface area contributed by atoms with E-state index in [1.165, 1.54) is 43.6 Å². The van der Waals surface area contributed by atoms with Gasteiger partial charge in [0.15, 0.2) is 0 Å². The topological polar surface area (TPSA) is 13.1 Å². The first kappa shape index (κ1) is 26.8. The third-order valence-electron chi connectivity index (χ3n) is 8.78. The fourth-order valence-corrected chi connectivity index (χ4v) is 6.73. The number of aromatic nitrogens is 2. The SMILES string of the molecule is C/C=C(\C=C/CN(c1ccccc1)c1ccc(-n2c3ccccc3c3ccccc32)cc1)n1c2ccccc2c2ccccc21. The van der Waals surface area contributed by atoms with Crippen molar-refractivity contribution < 1.29 is 0 Å². The predicted octanol–water partition coefficient (Wildman–Crippen LogP) is 11.1. The van der Waals surface area contributed by atoms with Gasteiger partial charge in [-0.1, -0.05) is 103 Å². The van der Waals surface area contributed by atoms with Gasteiger partial charge >= 0.3 is 0 Å². The molecule has 45 heavy (non-hydrogen) atoms. The van der Waals surface area contributed by atoms with Gasteiger partial charge in [-0.2, -0.15) is 0 Å². The summed E-state index contributed by atoms with van der Waals surface area (Å²) in [7, 11) is 0. The van der Waals surface area contributed by atoms with Crippen LogP contribution in [-0.2, 0) is 0 Å². The Morgan fingerprint density at radius 2 is 0.956 bits per heavy atom. The fourth-order valence-electron chi connectivity index (χ4n) is 6.73. The minimum absolute atomic E-state index is 0.729. The van der Waals surface area contributed by atoms with Crippen molar-refractivity contribution in [2.75, 3.05) is 11.4 Å². The highest BCUT2D eigenvalue weighted by atomic mass is 15.1. The first-order valence-electron chi connectivity index (χ1n) is 15.5. The van der Waals surface area contributed by atoms with Crippen LogP contribution >= 0.6 is 0 Å². The lowest BCUT2D eigenvalue weighted by atomic mass is 10.2. The molecule has 0 aliphatic carbocycles. The van der Waals surface area contributed by atoms with Crippen LogP contribution in [0.25, 0.3) is 55.0 Å². The molecule has 6 aromatic carbocycles. The van der Waals surface area contributed by atoms with Crippen LogP contribution in [0, 0.1) is 0 Å². The van der Waals surface area contributed by atoms with Gasteiger partial charge in [-0.05, 0) is 73.7 Å². The molecule has 0 aliphatic rings. The Bertz CT molecular complexity index is 2250. The van der Waals surface area contributed by atoms with Crippen LogP contribution in [0.3, 0.4) is 0 Å². The molecule has 8 aromatic rings. The van der Waals surface area contributed by atoms with E-state index >= 15 is 0 Å². The average molecular weight is 580 g/mol. The van der Waals surface area contributed by atoms with Crippen LogP contribution in [0.4, 0.5) is 11.4 Å². The molecule has 0 radical (unpaired) electrons. The van der Waals surface area contributed by atoms with Crippen molar-refractivity contribution in [2.45, 2.75) is 6.92 Å². The number of anilines is 2. The van der Waals surface area contributed by atoms with Gasteiger partial charge in [0.1, 0.15) is 0 Å². The largest absolute Gasteiger partial charge is 0.338 e. The Balaban J connectivity index is 1.15. The minimum atomic E-state index is 0.729. The number of allylic oxidation sites excluding steroid dienone is 3. The summed E-state index contributed by atoms with van der Waals surface area (Å²) in [5, 5.41) is 5.10. The van der Waals surface area contributed by atoms with E-state index in [9.17, 15) is 0 Å². The van der Waals surface area contributed by atoms with Crippen molar-refractivity contribution in [3.8, 4) is 5.69 Å². The molecule has 0 N–H and O–H groups in total. The first-order valence-corrected chi connectivity index (χ1v) is 15.5. The highest BCUT2D eigenvalue weighted by molar-refractivity contribution is 6.11. The van der Waals surface area contributed by atoms with Crippen LogP contribution in [0.2, 0.25) is 0 Å². The molecule has 2 heterocycles. The van der Waals surface area contributed by atoms with Gasteiger partial charge in [-0.3, -0.25) is 0 Å². The Morgan fingerprint density at radius 1 is 0.511 bits per heavy atom. The molecule has 8 rings (SSSR count). The number of rotatable bonds is 7. The molecule has 2 aromatic heterocycles. The molecule has 0 atom stereocenters. The van der Waals surface area contributed by atoms with E-state index in [4.69, 9.17) is 0 Å². The van der Waals surface area contributed by atoms with Gasteiger partial charge < -0.3 is 14.0 Å². The Kier molecular flexibility index (Phi) is 6.77. The summed E-state index contributed by atoms with van der Waals surface area (Å²) in [6, 6.07) is 54.2. The maximum atomic E-state index is 2.37. The molecule has 3 heteroatoms. The van der Waals surface area contributed by atoms with E-state index in [1.54, 1.807) is 0 Å². The second-order valence-corrected chi connectivity index (χ2v) is 11.3. The zero-order chi connectivity index (χ0) is 30.2. The number of benzene rings is 6. The van der Waals surface area contributed by atoms with Gasteiger partial charge in [-0.25, -0.2) is 0 Å². The third kappa shape index (κ3) is 4.61. The van der Waals surface area contributed by atoms with E-state index in [2.05, 4.69) is 191 Å². The smallest absolute Gasteiger partial charge is 0.0541 e. The van der Waals surface area contributed by atoms with Crippen molar-refractivity contribution >= 4 is 60.7 Å². The van der Waals surface area contributed by atoms with Gasteiger partial charge in [0.25, 0.3) is 0 Å². The standard InChI is InChI=1S/C42H33N3/c1-2-31(44-39-22-10-6-18-35(39)36-19-7-11-23-40(36)44)17-14-30-43(32-15-4-3-5-16-32)33-26-28-34(29-27-33)45-41-24-12-8-20-37(41)38-21-9-13-25-42(38)45/h2-29H,30H2,1H3/b17-14-,31-2+. The molecule has 0 unspecified atom stereocenters. The summed E-state index contributed by atoms with van der Waals surface area (Å²) in [6.45, 7) is 2.85. The van der Waals surface area contributed by atoms with Crippen LogP contribution in [0.5, 0.6) is 0 Å². The monoisotopic (exact) mass is 579 g/mol. The molecule has 0 saturated carbocycles. The fraction of sp³-hybridized carbons (Fsp3) is 0.0476. The quantitative estimate of drug-likeness (QED) is 0.171. The number of hydrogen-bond acceptors (Lipinski definition) is 1. The summed E-state index contributed by atoms with van der Waals surface area (Å²) in [4.78, 5) is 2.37. The maximum Gasteiger partial charge on any atom is 0.0541 e. The van der Waals surface area contributed by atoms with Crippen molar-refractivity contribution in [3.05, 3.63) is 170 Å². The lowest BCUT2D eigenvalue weighted by Crippen LogP contribution is -2.17. The molecule has 0 spiro atoms. The molecule has 0 fully saturated rings. The average Bonchev–Trinajstić information content (AvgIpc) is 3.62. The predicted molar refractivity (Wildman–Crippen MR) is 193 cm³/mol. The van der Waals surface area contributed by atoms with Crippen LogP contribution < -0.4 is 4.90 Å². The van der Waals surface area contributed by atoms with Crippen molar-refractivity contribution in [3.63, 3.8) is 0 Å². The molecule has 0 amide bonds. The number of para-hydroxylation sites is 5. The normalized spacial score (nSPS) is 12.2. The number of hydrogen-bond donors (Lipinski definition) is 0. The third-order valence-corrected chi connectivity index (χ3v) is 8.78. The Hall–Kier alpha value is -5.80. The zero-order valence-corrected chi connectivity index (χ0v) is 25.2. The van der Waals surface area contributed by atoms with Gasteiger partial charge in [0.05, 0.1) is 22.1 Å². The molecule has 0 saturated heterocycles. The van der Waals surface area contributed by atoms with E-state index in [0.29, 0.717) is 0 Å². The summed E-state index contributed by atoms with van der Waals surface area (Å²) in [6.07, 6.45) is 6.72. The summed E-state index contributed by atoms with van der Waals surface area (Å²) < 4.78 is 4.74. The van der Waals surface area contributed by atoms with E-state index < -0.39 is 0 Å². The Morgan fingerprint density at radius 3 is 1.49 bits per heavy atom. The second-order valence-electron chi connectivity index (χ2n) is 11.3. The summed E-state index contributed by atoms with van der Waals surface area (Å²) in [5.74, 6) is 0. The van der Waals surface area contributed by atoms with Gasteiger partial charge in [-0.15, -0.1) is 0 Å². The summed E-state index contributed by atoms with van der Waals surface area (Å²) in [5.41, 5.74) is 9.50. The maximum absolute atomic E-state index is 2.37. The van der Waals surface area contributed by atoms with E-state index in [0.717, 1.165) is 29.3 Å². The van der Waals surface area contributed by atoms with Crippen LogP contribution in [0.15, 0.2) is 170 Å². The number of fused-ring (bicyclic) bond motifs is 6. The molecule has 0 aliphatic heterocycles. The molecular formula is C42H33N3. The summed E-state index contributed by atoms with van der Waals surface area (Å²) >= 11 is 0. The highest BCUT2D eigenvalue weighted by Crippen LogP contribution is 2.34. The molecule has 3 nitrogen and oxygen atoms in total. The zero-order valence-electron chi connectivity index (χ0n) is 25.2. The lowest BCUT2D eigenvalue weighted by Gasteiger charge is -2.24. The Labute approximate surface area is 263 Å².